The molecule has 0 fully saturated rings. The molecule has 0 aliphatic carbocycles. The van der Waals surface area contributed by atoms with E-state index in [4.69, 9.17) is 4.74 Å². The zero-order valence-electron chi connectivity index (χ0n) is 9.11. The molecule has 1 atom stereocenters. The van der Waals surface area contributed by atoms with Crippen LogP contribution in [0.1, 0.15) is 12.0 Å². The van der Waals surface area contributed by atoms with Crippen molar-refractivity contribution in [1.29, 1.82) is 0 Å². The molecule has 0 aromatic heterocycles. The number of aryl methyl sites for hydroxylation is 1. The molecule has 2 rings (SSSR count). The van der Waals surface area contributed by atoms with Gasteiger partial charge < -0.3 is 10.1 Å². The summed E-state index contributed by atoms with van der Waals surface area (Å²) < 4.78 is 5.64. The Morgan fingerprint density at radius 3 is 3.19 bits per heavy atom. The van der Waals surface area contributed by atoms with Crippen LogP contribution < -0.4 is 10.1 Å². The number of rotatable bonds is 3. The first-order valence-electron chi connectivity index (χ1n) is 5.44. The summed E-state index contributed by atoms with van der Waals surface area (Å²) in [5.74, 6) is 0.766. The van der Waals surface area contributed by atoms with Crippen molar-refractivity contribution in [3.05, 3.63) is 42.5 Å². The van der Waals surface area contributed by atoms with Gasteiger partial charge in [-0.25, -0.2) is 0 Å². The molecule has 0 saturated heterocycles. The Bertz CT molecular complexity index is 401. The van der Waals surface area contributed by atoms with E-state index in [1.165, 1.54) is 5.56 Å². The SMILES string of the molecule is C=CCNC(=O)C1CCc2ccccc2O1. The standard InChI is InChI=1S/C13H15NO2/c1-2-9-14-13(15)12-8-7-10-5-3-4-6-11(10)16-12/h2-6,12H,1,7-9H2,(H,14,15). The molecule has 0 saturated carbocycles. The molecule has 16 heavy (non-hydrogen) atoms. The molecule has 1 heterocycles. The van der Waals surface area contributed by atoms with Gasteiger partial charge in [0.05, 0.1) is 0 Å². The average Bonchev–Trinajstić information content (AvgIpc) is 2.35. The molecule has 1 aromatic carbocycles. The molecular weight excluding hydrogens is 202 g/mol. The topological polar surface area (TPSA) is 38.3 Å². The number of ether oxygens (including phenoxy) is 1. The number of carbonyl (C=O) groups excluding carboxylic acids is 1. The molecule has 3 heteroatoms. The lowest BCUT2D eigenvalue weighted by Gasteiger charge is -2.24. The minimum Gasteiger partial charge on any atom is -0.480 e. The number of carbonyl (C=O) groups is 1. The van der Waals surface area contributed by atoms with Crippen LogP contribution in [-0.4, -0.2) is 18.6 Å². The van der Waals surface area contributed by atoms with Gasteiger partial charge in [-0.05, 0) is 24.5 Å². The fourth-order valence-corrected chi connectivity index (χ4v) is 1.80. The fraction of sp³-hybridized carbons (Fsp3) is 0.308. The van der Waals surface area contributed by atoms with Gasteiger partial charge in [0.25, 0.3) is 5.91 Å². The Hall–Kier alpha value is -1.77. The molecular formula is C13H15NO2. The van der Waals surface area contributed by atoms with Crippen LogP contribution in [0, 0.1) is 0 Å². The lowest BCUT2D eigenvalue weighted by atomic mass is 10.0. The monoisotopic (exact) mass is 217 g/mol. The number of hydrogen-bond acceptors (Lipinski definition) is 2. The number of para-hydroxylation sites is 1. The molecule has 1 aliphatic heterocycles. The highest BCUT2D eigenvalue weighted by molar-refractivity contribution is 5.81. The molecule has 3 nitrogen and oxygen atoms in total. The third-order valence-electron chi connectivity index (χ3n) is 2.63. The molecule has 0 spiro atoms. The molecule has 1 aromatic rings. The van der Waals surface area contributed by atoms with Gasteiger partial charge in [-0.1, -0.05) is 24.3 Å². The van der Waals surface area contributed by atoms with Crippen molar-refractivity contribution in [3.63, 3.8) is 0 Å². The highest BCUT2D eigenvalue weighted by Gasteiger charge is 2.25. The van der Waals surface area contributed by atoms with Gasteiger partial charge in [0.2, 0.25) is 0 Å². The van der Waals surface area contributed by atoms with Gasteiger partial charge >= 0.3 is 0 Å². The van der Waals surface area contributed by atoms with Crippen LogP contribution in [0.25, 0.3) is 0 Å². The van der Waals surface area contributed by atoms with Gasteiger partial charge in [0.1, 0.15) is 5.75 Å². The summed E-state index contributed by atoms with van der Waals surface area (Å²) in [6.07, 6.45) is 2.92. The summed E-state index contributed by atoms with van der Waals surface area (Å²) in [5.41, 5.74) is 1.18. The van der Waals surface area contributed by atoms with E-state index in [1.807, 2.05) is 24.3 Å². The second-order valence-corrected chi connectivity index (χ2v) is 3.79. The highest BCUT2D eigenvalue weighted by Crippen LogP contribution is 2.26. The van der Waals surface area contributed by atoms with Crippen molar-refractivity contribution in [2.24, 2.45) is 0 Å². The quantitative estimate of drug-likeness (QED) is 0.782. The van der Waals surface area contributed by atoms with Gasteiger partial charge in [0, 0.05) is 6.54 Å². The van der Waals surface area contributed by atoms with E-state index in [1.54, 1.807) is 6.08 Å². The Labute approximate surface area is 95.1 Å². The molecule has 1 unspecified atom stereocenters. The average molecular weight is 217 g/mol. The first-order chi connectivity index (χ1) is 7.81. The second-order valence-electron chi connectivity index (χ2n) is 3.79. The van der Waals surface area contributed by atoms with Crippen molar-refractivity contribution < 1.29 is 9.53 Å². The maximum Gasteiger partial charge on any atom is 0.261 e. The Kier molecular flexibility index (Phi) is 3.25. The van der Waals surface area contributed by atoms with Crippen molar-refractivity contribution in [3.8, 4) is 5.75 Å². The van der Waals surface area contributed by atoms with E-state index in [2.05, 4.69) is 11.9 Å². The lowest BCUT2D eigenvalue weighted by molar-refractivity contribution is -0.128. The largest absolute Gasteiger partial charge is 0.480 e. The van der Waals surface area contributed by atoms with Gasteiger partial charge in [0.15, 0.2) is 6.10 Å². The zero-order valence-corrected chi connectivity index (χ0v) is 9.11. The summed E-state index contributed by atoms with van der Waals surface area (Å²) in [4.78, 5) is 11.7. The second kappa shape index (κ2) is 4.84. The Morgan fingerprint density at radius 2 is 2.38 bits per heavy atom. The molecule has 1 amide bonds. The summed E-state index contributed by atoms with van der Waals surface area (Å²) >= 11 is 0. The number of fused-ring (bicyclic) bond motifs is 1. The zero-order chi connectivity index (χ0) is 11.4. The Morgan fingerprint density at radius 1 is 1.56 bits per heavy atom. The minimum atomic E-state index is -0.366. The van der Waals surface area contributed by atoms with Crippen molar-refractivity contribution >= 4 is 5.91 Å². The van der Waals surface area contributed by atoms with Gasteiger partial charge in [-0.3, -0.25) is 4.79 Å². The first-order valence-corrected chi connectivity index (χ1v) is 5.44. The maximum absolute atomic E-state index is 11.7. The van der Waals surface area contributed by atoms with Crippen LogP contribution in [0.15, 0.2) is 36.9 Å². The maximum atomic E-state index is 11.7. The number of nitrogens with one attached hydrogen (secondary N) is 1. The third kappa shape index (κ3) is 2.24. The summed E-state index contributed by atoms with van der Waals surface area (Å²) in [7, 11) is 0. The summed E-state index contributed by atoms with van der Waals surface area (Å²) in [6.45, 7) is 4.04. The van der Waals surface area contributed by atoms with Crippen LogP contribution in [0.5, 0.6) is 5.75 Å². The molecule has 1 aliphatic rings. The van der Waals surface area contributed by atoms with E-state index in [9.17, 15) is 4.79 Å². The van der Waals surface area contributed by atoms with E-state index in [0.717, 1.165) is 18.6 Å². The number of amides is 1. The Balaban J connectivity index is 2.02. The first kappa shape index (κ1) is 10.7. The smallest absolute Gasteiger partial charge is 0.261 e. The van der Waals surface area contributed by atoms with E-state index in [-0.39, 0.29) is 12.0 Å². The molecule has 84 valence electrons. The number of hydrogen-bond donors (Lipinski definition) is 1. The van der Waals surface area contributed by atoms with Crippen LogP contribution in [0.3, 0.4) is 0 Å². The summed E-state index contributed by atoms with van der Waals surface area (Å²) in [6, 6.07) is 7.85. The third-order valence-corrected chi connectivity index (χ3v) is 2.63. The predicted octanol–water partition coefficient (Wildman–Crippen LogP) is 1.68. The minimum absolute atomic E-state index is 0.0607. The van der Waals surface area contributed by atoms with Crippen LogP contribution in [0.4, 0.5) is 0 Å². The van der Waals surface area contributed by atoms with Gasteiger partial charge in [-0.15, -0.1) is 6.58 Å². The summed E-state index contributed by atoms with van der Waals surface area (Å²) in [5, 5.41) is 2.75. The van der Waals surface area contributed by atoms with Crippen molar-refractivity contribution in [2.75, 3.05) is 6.54 Å². The van der Waals surface area contributed by atoms with E-state index >= 15 is 0 Å². The number of benzene rings is 1. The highest BCUT2D eigenvalue weighted by atomic mass is 16.5. The van der Waals surface area contributed by atoms with Crippen LogP contribution in [0.2, 0.25) is 0 Å². The van der Waals surface area contributed by atoms with Crippen molar-refractivity contribution in [1.82, 2.24) is 5.32 Å². The van der Waals surface area contributed by atoms with Gasteiger partial charge in [-0.2, -0.15) is 0 Å². The molecule has 0 radical (unpaired) electrons. The lowest BCUT2D eigenvalue weighted by Crippen LogP contribution is -2.40. The van der Waals surface area contributed by atoms with Crippen LogP contribution in [-0.2, 0) is 11.2 Å². The molecule has 1 N–H and O–H groups in total. The molecule has 0 bridgehead atoms. The van der Waals surface area contributed by atoms with Crippen LogP contribution >= 0.6 is 0 Å². The van der Waals surface area contributed by atoms with Crippen molar-refractivity contribution in [2.45, 2.75) is 18.9 Å². The van der Waals surface area contributed by atoms with E-state index < -0.39 is 0 Å². The predicted molar refractivity (Wildman–Crippen MR) is 62.4 cm³/mol. The van der Waals surface area contributed by atoms with E-state index in [0.29, 0.717) is 6.54 Å². The fourth-order valence-electron chi connectivity index (χ4n) is 1.80. The normalized spacial score (nSPS) is 18.1.